The van der Waals surface area contributed by atoms with Crippen LogP contribution < -0.4 is 10.2 Å². The SMILES string of the molecule is C/C=C(\C)NC(=O)c1c(N2CCCC(C)(C)CC2)ncc(-c2ccc(F)c(F)c2)c1C.[HH]. The van der Waals surface area contributed by atoms with Gasteiger partial charge in [0.1, 0.15) is 5.82 Å². The fourth-order valence-electron chi connectivity index (χ4n) is 4.00. The Bertz CT molecular complexity index is 1020. The molecule has 3 rings (SSSR count). The second-order valence-corrected chi connectivity index (χ2v) is 9.05. The number of allylic oxidation sites excluding steroid dienone is 2. The van der Waals surface area contributed by atoms with Crippen molar-refractivity contribution < 1.29 is 15.0 Å². The van der Waals surface area contributed by atoms with Gasteiger partial charge in [0.15, 0.2) is 11.6 Å². The molecule has 0 aliphatic carbocycles. The number of nitrogens with zero attached hydrogens (tertiary/aromatic N) is 2. The average molecular weight is 430 g/mol. The van der Waals surface area contributed by atoms with Crippen LogP contribution in [0.25, 0.3) is 11.1 Å². The molecular weight excluding hydrogens is 396 g/mol. The highest BCUT2D eigenvalue weighted by Gasteiger charge is 2.28. The molecular formula is C25H33F2N3O. The molecule has 1 saturated heterocycles. The zero-order valence-corrected chi connectivity index (χ0v) is 19.0. The van der Waals surface area contributed by atoms with E-state index in [9.17, 15) is 13.6 Å². The number of hydrogen-bond acceptors (Lipinski definition) is 3. The summed E-state index contributed by atoms with van der Waals surface area (Å²) in [5.74, 6) is -1.43. The van der Waals surface area contributed by atoms with Crippen LogP contribution in [-0.2, 0) is 0 Å². The second-order valence-electron chi connectivity index (χ2n) is 9.05. The first-order valence-electron chi connectivity index (χ1n) is 10.8. The fraction of sp³-hybridized carbons (Fsp3) is 0.440. The number of anilines is 1. The van der Waals surface area contributed by atoms with Crippen LogP contribution in [0.1, 0.15) is 64.3 Å². The third-order valence-electron chi connectivity index (χ3n) is 6.16. The Morgan fingerprint density at radius 3 is 2.65 bits per heavy atom. The van der Waals surface area contributed by atoms with Crippen LogP contribution in [0.4, 0.5) is 14.6 Å². The highest BCUT2D eigenvalue weighted by Crippen LogP contribution is 2.35. The second kappa shape index (κ2) is 9.16. The Morgan fingerprint density at radius 2 is 1.97 bits per heavy atom. The molecule has 0 spiro atoms. The van der Waals surface area contributed by atoms with Crippen molar-refractivity contribution in [2.75, 3.05) is 18.0 Å². The van der Waals surface area contributed by atoms with E-state index in [1.54, 1.807) is 6.20 Å². The number of hydrogen-bond donors (Lipinski definition) is 1. The summed E-state index contributed by atoms with van der Waals surface area (Å²) < 4.78 is 27.3. The van der Waals surface area contributed by atoms with Gasteiger partial charge in [0.25, 0.3) is 5.91 Å². The van der Waals surface area contributed by atoms with Crippen LogP contribution in [0.5, 0.6) is 0 Å². The van der Waals surface area contributed by atoms with Crippen molar-refractivity contribution in [2.24, 2.45) is 5.41 Å². The largest absolute Gasteiger partial charge is 0.356 e. The van der Waals surface area contributed by atoms with Crippen LogP contribution in [0, 0.1) is 24.0 Å². The number of carbonyl (C=O) groups excluding carboxylic acids is 1. The lowest BCUT2D eigenvalue weighted by Gasteiger charge is -2.27. The van der Waals surface area contributed by atoms with Gasteiger partial charge in [-0.25, -0.2) is 13.8 Å². The van der Waals surface area contributed by atoms with Crippen LogP contribution in [0.15, 0.2) is 36.2 Å². The van der Waals surface area contributed by atoms with Crippen molar-refractivity contribution >= 4 is 11.7 Å². The fourth-order valence-corrected chi connectivity index (χ4v) is 4.00. The molecule has 2 heterocycles. The molecule has 4 nitrogen and oxygen atoms in total. The number of halogens is 2. The first-order valence-corrected chi connectivity index (χ1v) is 10.8. The molecule has 0 atom stereocenters. The highest BCUT2D eigenvalue weighted by molar-refractivity contribution is 6.02. The molecule has 168 valence electrons. The van der Waals surface area contributed by atoms with Gasteiger partial charge in [0.05, 0.1) is 5.56 Å². The van der Waals surface area contributed by atoms with E-state index >= 15 is 0 Å². The van der Waals surface area contributed by atoms with Gasteiger partial charge in [-0.2, -0.15) is 0 Å². The summed E-state index contributed by atoms with van der Waals surface area (Å²) in [5.41, 5.74) is 3.26. The maximum Gasteiger partial charge on any atom is 0.259 e. The van der Waals surface area contributed by atoms with Crippen LogP contribution in [0.3, 0.4) is 0 Å². The third kappa shape index (κ3) is 5.12. The molecule has 1 amide bonds. The van der Waals surface area contributed by atoms with Crippen LogP contribution >= 0.6 is 0 Å². The van der Waals surface area contributed by atoms with Crippen molar-refractivity contribution in [1.29, 1.82) is 0 Å². The van der Waals surface area contributed by atoms with E-state index in [2.05, 4.69) is 29.0 Å². The Labute approximate surface area is 184 Å². The molecule has 1 aliphatic heterocycles. The molecule has 0 saturated carbocycles. The van der Waals surface area contributed by atoms with Gasteiger partial charge < -0.3 is 10.2 Å². The first kappa shape index (κ1) is 22.9. The van der Waals surface area contributed by atoms with Crippen molar-refractivity contribution in [3.8, 4) is 11.1 Å². The maximum atomic E-state index is 13.9. The number of aromatic nitrogens is 1. The minimum Gasteiger partial charge on any atom is -0.356 e. The van der Waals surface area contributed by atoms with E-state index in [4.69, 9.17) is 0 Å². The van der Waals surface area contributed by atoms with E-state index in [1.165, 1.54) is 6.07 Å². The molecule has 1 aromatic carbocycles. The first-order chi connectivity index (χ1) is 14.6. The number of pyridine rings is 1. The van der Waals surface area contributed by atoms with E-state index in [-0.39, 0.29) is 12.7 Å². The summed E-state index contributed by atoms with van der Waals surface area (Å²) in [6, 6.07) is 3.75. The molecule has 0 bridgehead atoms. The van der Waals surface area contributed by atoms with E-state index in [0.717, 1.165) is 50.2 Å². The van der Waals surface area contributed by atoms with E-state index in [1.807, 2.05) is 26.8 Å². The standard InChI is InChI=1S/C25H31F2N3O.H2/c1-6-16(2)29-24(31)22-17(3)19(18-8-9-20(26)21(27)14-18)15-28-23(22)30-12-7-10-25(4,5)11-13-30;/h6,8-9,14-15H,7,10-13H2,1-5H3,(H,29,31);1H/b16-6+;. The number of benzene rings is 1. The van der Waals surface area contributed by atoms with Crippen molar-refractivity contribution in [3.63, 3.8) is 0 Å². The molecule has 31 heavy (non-hydrogen) atoms. The van der Waals surface area contributed by atoms with Gasteiger partial charge in [0.2, 0.25) is 0 Å². The molecule has 1 aliphatic rings. The lowest BCUT2D eigenvalue weighted by Crippen LogP contribution is -2.31. The topological polar surface area (TPSA) is 45.2 Å². The normalized spacial score (nSPS) is 16.7. The molecule has 2 aromatic rings. The van der Waals surface area contributed by atoms with Crippen molar-refractivity contribution in [3.05, 3.63) is 58.9 Å². The van der Waals surface area contributed by atoms with Gasteiger partial charge in [-0.3, -0.25) is 4.79 Å². The van der Waals surface area contributed by atoms with Gasteiger partial charge in [-0.05, 0) is 68.7 Å². The van der Waals surface area contributed by atoms with Crippen molar-refractivity contribution in [1.82, 2.24) is 10.3 Å². The van der Waals surface area contributed by atoms with Gasteiger partial charge in [0, 0.05) is 32.0 Å². The summed E-state index contributed by atoms with van der Waals surface area (Å²) in [6.45, 7) is 11.7. The van der Waals surface area contributed by atoms with Gasteiger partial charge >= 0.3 is 0 Å². The highest BCUT2D eigenvalue weighted by atomic mass is 19.2. The number of rotatable bonds is 4. The summed E-state index contributed by atoms with van der Waals surface area (Å²) in [7, 11) is 0. The molecule has 1 fully saturated rings. The average Bonchev–Trinajstić information content (AvgIpc) is 2.90. The number of amides is 1. The van der Waals surface area contributed by atoms with Gasteiger partial charge in [-0.15, -0.1) is 0 Å². The third-order valence-corrected chi connectivity index (χ3v) is 6.16. The van der Waals surface area contributed by atoms with Gasteiger partial charge in [-0.1, -0.05) is 26.0 Å². The number of nitrogens with one attached hydrogen (secondary N) is 1. The zero-order chi connectivity index (χ0) is 22.8. The smallest absolute Gasteiger partial charge is 0.259 e. The maximum absolute atomic E-state index is 13.9. The Hall–Kier alpha value is -2.76. The van der Waals surface area contributed by atoms with Crippen LogP contribution in [-0.4, -0.2) is 24.0 Å². The quantitative estimate of drug-likeness (QED) is 0.625. The molecule has 6 heteroatoms. The minimum atomic E-state index is -0.925. The predicted octanol–water partition coefficient (Wildman–Crippen LogP) is 6.25. The number of carbonyl (C=O) groups is 1. The minimum absolute atomic E-state index is 0. The van der Waals surface area contributed by atoms with Crippen LogP contribution in [0.2, 0.25) is 0 Å². The monoisotopic (exact) mass is 429 g/mol. The molecule has 1 N–H and O–H groups in total. The Kier molecular flexibility index (Phi) is 6.77. The Balaban J connectivity index is 0.00000363. The molecule has 0 unspecified atom stereocenters. The van der Waals surface area contributed by atoms with E-state index < -0.39 is 11.6 Å². The summed E-state index contributed by atoms with van der Waals surface area (Å²) in [5, 5.41) is 2.92. The lowest BCUT2D eigenvalue weighted by molar-refractivity contribution is 0.0965. The molecule has 0 radical (unpaired) electrons. The molecule has 1 aromatic heterocycles. The lowest BCUT2D eigenvalue weighted by atomic mass is 9.85. The summed E-state index contributed by atoms with van der Waals surface area (Å²) >= 11 is 0. The summed E-state index contributed by atoms with van der Waals surface area (Å²) in [4.78, 5) is 20.1. The Morgan fingerprint density at radius 1 is 1.23 bits per heavy atom. The predicted molar refractivity (Wildman–Crippen MR) is 123 cm³/mol. The van der Waals surface area contributed by atoms with E-state index in [0.29, 0.717) is 28.1 Å². The summed E-state index contributed by atoms with van der Waals surface area (Å²) in [6.07, 6.45) is 6.64. The zero-order valence-electron chi connectivity index (χ0n) is 19.0. The van der Waals surface area contributed by atoms with Crippen molar-refractivity contribution in [2.45, 2.75) is 53.9 Å².